The number of nitrogens with one attached hydrogen (secondary N) is 1. The Morgan fingerprint density at radius 3 is 2.72 bits per heavy atom. The fraction of sp³-hybridized carbons (Fsp3) is 0.318. The average Bonchev–Trinajstić information content (AvgIpc) is 3.53. The Kier molecular flexibility index (Phi) is 5.58. The first-order valence-corrected chi connectivity index (χ1v) is 10.7. The predicted molar refractivity (Wildman–Crippen MR) is 115 cm³/mol. The molecule has 0 aliphatic heterocycles. The Bertz CT molecular complexity index is 1110. The second kappa shape index (κ2) is 8.29. The van der Waals surface area contributed by atoms with Crippen LogP contribution in [0.2, 0.25) is 0 Å². The summed E-state index contributed by atoms with van der Waals surface area (Å²) < 4.78 is 7.31. The van der Waals surface area contributed by atoms with E-state index in [2.05, 4.69) is 5.32 Å². The third-order valence-corrected chi connectivity index (χ3v) is 5.78. The first-order chi connectivity index (χ1) is 14.1. The summed E-state index contributed by atoms with van der Waals surface area (Å²) in [6, 6.07) is 14.9. The molecule has 1 saturated carbocycles. The molecule has 1 atom stereocenters. The molecule has 0 unspecified atom stereocenters. The number of hydrogen-bond acceptors (Lipinski definition) is 5. The van der Waals surface area contributed by atoms with Crippen molar-refractivity contribution in [3.05, 3.63) is 58.9 Å². The lowest BCUT2D eigenvalue weighted by molar-refractivity contribution is -0.120. The van der Waals surface area contributed by atoms with Gasteiger partial charge in [-0.15, -0.1) is 0 Å². The van der Waals surface area contributed by atoms with E-state index in [9.17, 15) is 9.59 Å². The number of hydrogen-bond donors (Lipinski definition) is 1. The zero-order valence-electron chi connectivity index (χ0n) is 16.4. The topological polar surface area (TPSA) is 73.2 Å². The van der Waals surface area contributed by atoms with Crippen LogP contribution in [-0.2, 0) is 4.79 Å². The number of nitrogens with zero attached hydrogens (tertiary/aromatic N) is 2. The van der Waals surface area contributed by atoms with E-state index in [1.54, 1.807) is 10.6 Å². The number of fused-ring (bicyclic) bond motifs is 1. The summed E-state index contributed by atoms with van der Waals surface area (Å²) in [4.78, 5) is 30.6. The Morgan fingerprint density at radius 1 is 1.24 bits per heavy atom. The predicted octanol–water partition coefficient (Wildman–Crippen LogP) is 3.54. The third kappa shape index (κ3) is 4.15. The van der Waals surface area contributed by atoms with Crippen molar-refractivity contribution < 1.29 is 9.53 Å². The van der Waals surface area contributed by atoms with Gasteiger partial charge in [0.1, 0.15) is 5.75 Å². The van der Waals surface area contributed by atoms with Crippen LogP contribution < -0.4 is 15.6 Å². The molecule has 1 N–H and O–H groups in total. The normalized spacial score (nSPS) is 14.6. The lowest BCUT2D eigenvalue weighted by Gasteiger charge is -2.18. The lowest BCUT2D eigenvalue weighted by Crippen LogP contribution is -2.33. The van der Waals surface area contributed by atoms with Crippen molar-refractivity contribution >= 4 is 28.6 Å². The zero-order chi connectivity index (χ0) is 20.4. The van der Waals surface area contributed by atoms with E-state index >= 15 is 0 Å². The molecule has 150 valence electrons. The molecule has 7 heteroatoms. The highest BCUT2D eigenvalue weighted by Gasteiger charge is 2.27. The van der Waals surface area contributed by atoms with Gasteiger partial charge in [0.25, 0.3) is 5.56 Å². The van der Waals surface area contributed by atoms with Crippen LogP contribution in [0, 0.1) is 0 Å². The maximum Gasteiger partial charge on any atom is 0.266 e. The van der Waals surface area contributed by atoms with Gasteiger partial charge in [-0.25, -0.2) is 4.98 Å². The number of benzene rings is 2. The van der Waals surface area contributed by atoms with E-state index in [-0.39, 0.29) is 22.8 Å². The summed E-state index contributed by atoms with van der Waals surface area (Å²) in [5, 5.41) is 3.63. The van der Waals surface area contributed by atoms with E-state index in [0.29, 0.717) is 34.1 Å². The van der Waals surface area contributed by atoms with Gasteiger partial charge in [0.15, 0.2) is 5.16 Å². The molecule has 1 heterocycles. The largest absolute Gasteiger partial charge is 0.492 e. The average molecular weight is 410 g/mol. The molecule has 0 radical (unpaired) electrons. The molecule has 6 nitrogen and oxygen atoms in total. The maximum atomic E-state index is 13.4. The van der Waals surface area contributed by atoms with Crippen molar-refractivity contribution in [1.29, 1.82) is 0 Å². The molecular weight excluding hydrogens is 386 g/mol. The molecule has 3 aromatic rings. The van der Waals surface area contributed by atoms with Crippen molar-refractivity contribution in [2.45, 2.75) is 43.1 Å². The van der Waals surface area contributed by atoms with Crippen LogP contribution in [0.3, 0.4) is 0 Å². The number of aromatic nitrogens is 2. The molecule has 29 heavy (non-hydrogen) atoms. The monoisotopic (exact) mass is 409 g/mol. The maximum absolute atomic E-state index is 13.4. The first-order valence-electron chi connectivity index (χ1n) is 9.79. The van der Waals surface area contributed by atoms with Crippen molar-refractivity contribution in [1.82, 2.24) is 14.9 Å². The fourth-order valence-corrected chi connectivity index (χ4v) is 4.01. The number of amides is 1. The Morgan fingerprint density at radius 2 is 1.97 bits per heavy atom. The van der Waals surface area contributed by atoms with Crippen LogP contribution in [0.25, 0.3) is 16.6 Å². The van der Waals surface area contributed by atoms with Gasteiger partial charge >= 0.3 is 0 Å². The highest BCUT2D eigenvalue weighted by atomic mass is 32.2. The molecule has 1 amide bonds. The number of thioether (sulfide) groups is 1. The Balaban J connectivity index is 1.83. The molecule has 1 fully saturated rings. The van der Waals surface area contributed by atoms with Gasteiger partial charge in [0, 0.05) is 6.04 Å². The standard InChI is InChI=1S/C22H23N3O3S/c1-3-28-19-11-7-6-10-18(19)25-21(27)16-8-4-5-9-17(16)24-22(25)29-14(2)20(26)23-15-12-13-15/h4-11,14-15H,3,12-13H2,1-2H3,(H,23,26)/t14-/m1/s1. The summed E-state index contributed by atoms with van der Waals surface area (Å²) in [7, 11) is 0. The van der Waals surface area contributed by atoms with Crippen molar-refractivity contribution in [2.75, 3.05) is 6.61 Å². The second-order valence-corrected chi connectivity index (χ2v) is 8.30. The highest BCUT2D eigenvalue weighted by Crippen LogP contribution is 2.30. The van der Waals surface area contributed by atoms with Gasteiger partial charge in [-0.2, -0.15) is 0 Å². The van der Waals surface area contributed by atoms with Crippen LogP contribution in [-0.4, -0.2) is 33.4 Å². The summed E-state index contributed by atoms with van der Waals surface area (Å²) >= 11 is 1.28. The summed E-state index contributed by atoms with van der Waals surface area (Å²) in [5.41, 5.74) is 1.05. The molecule has 1 aliphatic rings. The van der Waals surface area contributed by atoms with Crippen molar-refractivity contribution in [3.63, 3.8) is 0 Å². The van der Waals surface area contributed by atoms with Gasteiger partial charge in [0.05, 0.1) is 28.4 Å². The molecule has 1 aromatic heterocycles. The molecule has 2 aromatic carbocycles. The van der Waals surface area contributed by atoms with Crippen LogP contribution in [0.5, 0.6) is 5.75 Å². The Hall–Kier alpha value is -2.80. The fourth-order valence-electron chi connectivity index (χ4n) is 3.08. The third-order valence-electron chi connectivity index (χ3n) is 4.73. The number of ether oxygens (including phenoxy) is 1. The smallest absolute Gasteiger partial charge is 0.266 e. The van der Waals surface area contributed by atoms with Crippen LogP contribution in [0.15, 0.2) is 58.5 Å². The van der Waals surface area contributed by atoms with E-state index in [0.717, 1.165) is 12.8 Å². The van der Waals surface area contributed by atoms with Crippen molar-refractivity contribution in [2.24, 2.45) is 0 Å². The first kappa shape index (κ1) is 19.5. The van der Waals surface area contributed by atoms with E-state index < -0.39 is 0 Å². The molecule has 1 aliphatic carbocycles. The summed E-state index contributed by atoms with van der Waals surface area (Å²) in [6.45, 7) is 4.22. The minimum Gasteiger partial charge on any atom is -0.492 e. The number of para-hydroxylation sites is 3. The molecule has 0 bridgehead atoms. The number of rotatable bonds is 7. The van der Waals surface area contributed by atoms with E-state index in [1.807, 2.05) is 56.3 Å². The van der Waals surface area contributed by atoms with Crippen LogP contribution in [0.4, 0.5) is 0 Å². The quantitative estimate of drug-likeness (QED) is 0.477. The zero-order valence-corrected chi connectivity index (χ0v) is 17.2. The van der Waals surface area contributed by atoms with Gasteiger partial charge in [-0.05, 0) is 51.0 Å². The van der Waals surface area contributed by atoms with Gasteiger partial charge in [0.2, 0.25) is 5.91 Å². The summed E-state index contributed by atoms with van der Waals surface area (Å²) in [6.07, 6.45) is 2.06. The lowest BCUT2D eigenvalue weighted by atomic mass is 10.2. The SMILES string of the molecule is CCOc1ccccc1-n1c(S[C@H](C)C(=O)NC2CC2)nc2ccccc2c1=O. The Labute approximate surface area is 173 Å². The molecule has 0 saturated heterocycles. The molecule has 0 spiro atoms. The van der Waals surface area contributed by atoms with Gasteiger partial charge in [-0.3, -0.25) is 14.2 Å². The minimum absolute atomic E-state index is 0.0375. The highest BCUT2D eigenvalue weighted by molar-refractivity contribution is 8.00. The minimum atomic E-state index is -0.380. The molecular formula is C22H23N3O3S. The van der Waals surface area contributed by atoms with Crippen LogP contribution in [0.1, 0.15) is 26.7 Å². The van der Waals surface area contributed by atoms with E-state index in [1.165, 1.54) is 11.8 Å². The van der Waals surface area contributed by atoms with Crippen molar-refractivity contribution in [3.8, 4) is 11.4 Å². The van der Waals surface area contributed by atoms with Gasteiger partial charge in [-0.1, -0.05) is 36.0 Å². The van der Waals surface area contributed by atoms with E-state index in [4.69, 9.17) is 9.72 Å². The van der Waals surface area contributed by atoms with Gasteiger partial charge < -0.3 is 10.1 Å². The number of carbonyl (C=O) groups is 1. The second-order valence-electron chi connectivity index (χ2n) is 7.00. The number of carbonyl (C=O) groups excluding carboxylic acids is 1. The van der Waals surface area contributed by atoms with Crippen LogP contribution >= 0.6 is 11.8 Å². The molecule has 4 rings (SSSR count). The summed E-state index contributed by atoms with van der Waals surface area (Å²) in [5.74, 6) is 0.565.